The molecule has 1 aliphatic heterocycles. The van der Waals surface area contributed by atoms with E-state index in [9.17, 15) is 19.2 Å². The molecular weight excluding hydrogens is 274 g/mol. The molecule has 2 saturated carbocycles. The summed E-state index contributed by atoms with van der Waals surface area (Å²) >= 11 is 0. The second-order valence-corrected chi connectivity index (χ2v) is 6.14. The lowest BCUT2D eigenvalue weighted by Gasteiger charge is -2.41. The van der Waals surface area contributed by atoms with Crippen LogP contribution in [0.3, 0.4) is 0 Å². The van der Waals surface area contributed by atoms with Gasteiger partial charge in [-0.25, -0.2) is 4.79 Å². The number of nitrogens with zero attached hydrogens (tertiary/aromatic N) is 1. The number of urea groups is 1. The van der Waals surface area contributed by atoms with Gasteiger partial charge in [-0.2, -0.15) is 0 Å². The Morgan fingerprint density at radius 2 is 1.86 bits per heavy atom. The number of hydrogen-bond acceptors (Lipinski definition) is 4. The molecule has 2 N–H and O–H groups in total. The normalized spacial score (nSPS) is 25.0. The van der Waals surface area contributed by atoms with Crippen molar-refractivity contribution in [3.05, 3.63) is 0 Å². The van der Waals surface area contributed by atoms with Crippen LogP contribution in [0.15, 0.2) is 0 Å². The lowest BCUT2D eigenvalue weighted by Crippen LogP contribution is -2.65. The monoisotopic (exact) mass is 293 g/mol. The van der Waals surface area contributed by atoms with Crippen molar-refractivity contribution in [1.82, 2.24) is 15.5 Å². The van der Waals surface area contributed by atoms with Crippen LogP contribution in [0.25, 0.3) is 0 Å². The summed E-state index contributed by atoms with van der Waals surface area (Å²) in [6.07, 6.45) is 5.34. The first-order valence-electron chi connectivity index (χ1n) is 7.50. The van der Waals surface area contributed by atoms with Gasteiger partial charge in [0.25, 0.3) is 0 Å². The molecule has 2 aliphatic carbocycles. The summed E-state index contributed by atoms with van der Waals surface area (Å²) in [5.74, 6) is -1.36. The third-order valence-corrected chi connectivity index (χ3v) is 4.51. The maximum Gasteiger partial charge on any atom is 0.331 e. The lowest BCUT2D eigenvalue weighted by molar-refractivity contribution is -0.155. The summed E-state index contributed by atoms with van der Waals surface area (Å²) in [6, 6.07) is -0.613. The van der Waals surface area contributed by atoms with Crippen LogP contribution in [0.5, 0.6) is 0 Å². The van der Waals surface area contributed by atoms with Crippen molar-refractivity contribution in [2.75, 3.05) is 6.54 Å². The van der Waals surface area contributed by atoms with Crippen LogP contribution < -0.4 is 10.6 Å². The van der Waals surface area contributed by atoms with E-state index < -0.39 is 23.3 Å². The van der Waals surface area contributed by atoms with Gasteiger partial charge in [0.1, 0.15) is 12.0 Å². The molecule has 3 rings (SSSR count). The Morgan fingerprint density at radius 1 is 1.19 bits per heavy atom. The minimum Gasteiger partial charge on any atom is -0.352 e. The van der Waals surface area contributed by atoms with E-state index >= 15 is 0 Å². The average molecular weight is 293 g/mol. The molecule has 3 fully saturated rings. The number of carbonyl (C=O) groups excluding carboxylic acids is 4. The van der Waals surface area contributed by atoms with E-state index in [1.807, 2.05) is 0 Å². The van der Waals surface area contributed by atoms with Crippen molar-refractivity contribution in [2.45, 2.75) is 51.0 Å². The number of nitrogens with one attached hydrogen (secondary N) is 2. The fourth-order valence-corrected chi connectivity index (χ4v) is 3.12. The summed E-state index contributed by atoms with van der Waals surface area (Å²) in [5, 5.41) is 4.99. The molecule has 3 aliphatic rings. The van der Waals surface area contributed by atoms with Gasteiger partial charge in [-0.1, -0.05) is 19.3 Å². The highest BCUT2D eigenvalue weighted by atomic mass is 16.2. The first-order chi connectivity index (χ1) is 10.0. The Hall–Kier alpha value is -1.92. The van der Waals surface area contributed by atoms with E-state index in [0.29, 0.717) is 12.8 Å². The highest BCUT2D eigenvalue weighted by Gasteiger charge is 2.54. The predicted octanol–water partition coefficient (Wildman–Crippen LogP) is 0.294. The molecular formula is C14H19N3O4. The summed E-state index contributed by atoms with van der Waals surface area (Å²) in [5.41, 5.74) is -1.15. The average Bonchev–Trinajstić information content (AvgIpc) is 3.27. The predicted molar refractivity (Wildman–Crippen MR) is 71.9 cm³/mol. The maximum atomic E-state index is 12.6. The topological polar surface area (TPSA) is 95.6 Å². The van der Waals surface area contributed by atoms with Crippen LogP contribution in [-0.4, -0.2) is 41.2 Å². The Kier molecular flexibility index (Phi) is 3.43. The van der Waals surface area contributed by atoms with Gasteiger partial charge in [-0.3, -0.25) is 24.6 Å². The molecule has 21 heavy (non-hydrogen) atoms. The van der Waals surface area contributed by atoms with Crippen LogP contribution in [0.2, 0.25) is 0 Å². The van der Waals surface area contributed by atoms with E-state index in [2.05, 4.69) is 10.6 Å². The molecule has 0 atom stereocenters. The molecule has 0 radical (unpaired) electrons. The Bertz CT molecular complexity index is 506. The van der Waals surface area contributed by atoms with E-state index in [1.165, 1.54) is 0 Å². The van der Waals surface area contributed by atoms with Crippen LogP contribution >= 0.6 is 0 Å². The third kappa shape index (κ3) is 2.52. The van der Waals surface area contributed by atoms with Gasteiger partial charge < -0.3 is 5.32 Å². The minimum atomic E-state index is -1.15. The molecule has 1 heterocycles. The summed E-state index contributed by atoms with van der Waals surface area (Å²) in [6.45, 7) is -0.309. The summed E-state index contributed by atoms with van der Waals surface area (Å²) in [4.78, 5) is 49.4. The lowest BCUT2D eigenvalue weighted by atomic mass is 9.71. The van der Waals surface area contributed by atoms with Crippen LogP contribution in [0, 0.1) is 5.41 Å². The fraction of sp³-hybridized carbons (Fsp3) is 0.714. The van der Waals surface area contributed by atoms with Gasteiger partial charge in [-0.05, 0) is 25.7 Å². The van der Waals surface area contributed by atoms with E-state index in [4.69, 9.17) is 0 Å². The van der Waals surface area contributed by atoms with Crippen molar-refractivity contribution < 1.29 is 19.2 Å². The SMILES string of the molecule is O=C(CN1C(=O)NC(=O)C2(CCCCC2)C1=O)NC1CC1. The zero-order valence-electron chi connectivity index (χ0n) is 11.8. The molecule has 1 spiro atoms. The zero-order chi connectivity index (χ0) is 15.0. The highest BCUT2D eigenvalue weighted by Crippen LogP contribution is 2.40. The van der Waals surface area contributed by atoms with E-state index in [1.54, 1.807) is 0 Å². The second-order valence-electron chi connectivity index (χ2n) is 6.14. The molecule has 0 aromatic rings. The molecule has 5 amide bonds. The number of barbiturate groups is 1. The zero-order valence-corrected chi connectivity index (χ0v) is 11.8. The van der Waals surface area contributed by atoms with Crippen LogP contribution in [0.4, 0.5) is 4.79 Å². The first-order valence-corrected chi connectivity index (χ1v) is 7.50. The van der Waals surface area contributed by atoms with Gasteiger partial charge >= 0.3 is 6.03 Å². The molecule has 0 aromatic carbocycles. The van der Waals surface area contributed by atoms with Gasteiger partial charge in [0, 0.05) is 6.04 Å². The number of rotatable bonds is 3. The molecule has 1 saturated heterocycles. The first kappa shape index (κ1) is 14.0. The van der Waals surface area contributed by atoms with E-state index in [-0.39, 0.29) is 18.5 Å². The highest BCUT2D eigenvalue weighted by molar-refractivity contribution is 6.20. The van der Waals surface area contributed by atoms with Gasteiger partial charge in [0.2, 0.25) is 17.7 Å². The number of imide groups is 2. The van der Waals surface area contributed by atoms with Crippen molar-refractivity contribution in [3.63, 3.8) is 0 Å². The van der Waals surface area contributed by atoms with Gasteiger partial charge in [-0.15, -0.1) is 0 Å². The standard InChI is InChI=1S/C14H19N3O4/c18-10(15-9-4-5-9)8-17-12(20)14(6-2-1-3-7-14)11(19)16-13(17)21/h9H,1-8H2,(H,15,18)(H,16,19,21). The quantitative estimate of drug-likeness (QED) is 0.731. The summed E-state index contributed by atoms with van der Waals surface area (Å²) < 4.78 is 0. The molecule has 114 valence electrons. The second kappa shape index (κ2) is 5.13. The Balaban J connectivity index is 1.75. The summed E-state index contributed by atoms with van der Waals surface area (Å²) in [7, 11) is 0. The van der Waals surface area contributed by atoms with Crippen molar-refractivity contribution in [2.24, 2.45) is 5.41 Å². The molecule has 0 unspecified atom stereocenters. The van der Waals surface area contributed by atoms with Gasteiger partial charge in [0.15, 0.2) is 0 Å². The Morgan fingerprint density at radius 3 is 2.48 bits per heavy atom. The largest absolute Gasteiger partial charge is 0.352 e. The third-order valence-electron chi connectivity index (χ3n) is 4.51. The number of carbonyl (C=O) groups is 4. The molecule has 7 heteroatoms. The van der Waals surface area contributed by atoms with E-state index in [0.717, 1.165) is 37.0 Å². The van der Waals surface area contributed by atoms with Crippen molar-refractivity contribution in [3.8, 4) is 0 Å². The van der Waals surface area contributed by atoms with Crippen molar-refractivity contribution >= 4 is 23.8 Å². The van der Waals surface area contributed by atoms with Crippen molar-refractivity contribution in [1.29, 1.82) is 0 Å². The number of amides is 5. The number of hydrogen-bond donors (Lipinski definition) is 2. The van der Waals surface area contributed by atoms with Crippen LogP contribution in [0.1, 0.15) is 44.9 Å². The Labute approximate surface area is 122 Å². The molecule has 0 bridgehead atoms. The van der Waals surface area contributed by atoms with Gasteiger partial charge in [0.05, 0.1) is 0 Å². The smallest absolute Gasteiger partial charge is 0.331 e. The fourth-order valence-electron chi connectivity index (χ4n) is 3.12. The van der Waals surface area contributed by atoms with Crippen LogP contribution in [-0.2, 0) is 14.4 Å². The molecule has 7 nitrogen and oxygen atoms in total. The molecule has 0 aromatic heterocycles. The maximum absolute atomic E-state index is 12.6. The minimum absolute atomic E-state index is 0.172.